The van der Waals surface area contributed by atoms with Gasteiger partial charge in [-0.25, -0.2) is 9.97 Å². The Morgan fingerprint density at radius 1 is 1.23 bits per heavy atom. The van der Waals surface area contributed by atoms with E-state index in [2.05, 4.69) is 25.6 Å². The number of aromatic nitrogens is 3. The summed E-state index contributed by atoms with van der Waals surface area (Å²) < 4.78 is 39.5. The molecule has 0 aliphatic heterocycles. The third-order valence-corrected chi connectivity index (χ3v) is 4.17. The fraction of sp³-hybridized carbons (Fsp3) is 0.267. The first-order valence-electron chi connectivity index (χ1n) is 7.34. The fourth-order valence-corrected chi connectivity index (χ4v) is 2.89. The van der Waals surface area contributed by atoms with Gasteiger partial charge in [0.25, 0.3) is 0 Å². The highest BCUT2D eigenvalue weighted by molar-refractivity contribution is 14.0. The predicted octanol–water partition coefficient (Wildman–Crippen LogP) is 3.29. The molecule has 140 valence electrons. The van der Waals surface area contributed by atoms with Gasteiger partial charge in [0.05, 0.1) is 18.8 Å². The van der Waals surface area contributed by atoms with Crippen molar-refractivity contribution in [1.29, 1.82) is 0 Å². The van der Waals surface area contributed by atoms with Crippen molar-refractivity contribution >= 4 is 46.9 Å². The van der Waals surface area contributed by atoms with Crippen LogP contribution in [0, 0.1) is 0 Å². The van der Waals surface area contributed by atoms with Gasteiger partial charge >= 0.3 is 6.18 Å². The Morgan fingerprint density at radius 3 is 2.65 bits per heavy atom. The number of pyridine rings is 1. The van der Waals surface area contributed by atoms with E-state index in [-0.39, 0.29) is 30.5 Å². The van der Waals surface area contributed by atoms with Gasteiger partial charge in [0.2, 0.25) is 0 Å². The van der Waals surface area contributed by atoms with Gasteiger partial charge in [0, 0.05) is 24.8 Å². The van der Waals surface area contributed by atoms with E-state index < -0.39 is 11.9 Å². The maximum atomic E-state index is 12.5. The highest BCUT2D eigenvalue weighted by Gasteiger charge is 2.33. The summed E-state index contributed by atoms with van der Waals surface area (Å²) >= 11 is 0.954. The summed E-state index contributed by atoms with van der Waals surface area (Å²) in [6.45, 7) is 0.596. The molecule has 0 saturated carbocycles. The number of hydrogen-bond donors (Lipinski definition) is 2. The van der Waals surface area contributed by atoms with E-state index in [1.807, 2.05) is 35.0 Å². The number of fused-ring (bicyclic) bond motifs is 1. The van der Waals surface area contributed by atoms with Crippen molar-refractivity contribution < 1.29 is 13.2 Å². The number of alkyl halides is 3. The molecule has 3 aromatic heterocycles. The molecule has 0 atom stereocenters. The number of guanidine groups is 1. The van der Waals surface area contributed by atoms with Crippen LogP contribution in [0.3, 0.4) is 0 Å². The van der Waals surface area contributed by atoms with Gasteiger partial charge in [-0.05, 0) is 12.1 Å². The van der Waals surface area contributed by atoms with E-state index in [0.29, 0.717) is 17.5 Å². The lowest BCUT2D eigenvalue weighted by Gasteiger charge is -2.09. The molecular formula is C15H16F3IN6S. The van der Waals surface area contributed by atoms with Gasteiger partial charge in [-0.1, -0.05) is 6.07 Å². The number of thiazole rings is 1. The van der Waals surface area contributed by atoms with E-state index in [1.54, 1.807) is 7.05 Å². The topological polar surface area (TPSA) is 66.6 Å². The van der Waals surface area contributed by atoms with Crippen LogP contribution in [0.25, 0.3) is 5.65 Å². The summed E-state index contributed by atoms with van der Waals surface area (Å²) in [5.74, 6) is 0.459. The lowest BCUT2D eigenvalue weighted by Crippen LogP contribution is -2.36. The molecule has 3 aromatic rings. The number of aliphatic imine (C=N–C) groups is 1. The fourth-order valence-electron chi connectivity index (χ4n) is 2.15. The Balaban J connectivity index is 0.00000243. The second-order valence-corrected chi connectivity index (χ2v) is 6.04. The molecule has 0 spiro atoms. The maximum absolute atomic E-state index is 12.5. The van der Waals surface area contributed by atoms with Crippen LogP contribution in [0.1, 0.15) is 16.4 Å². The van der Waals surface area contributed by atoms with Crippen molar-refractivity contribution in [2.24, 2.45) is 4.99 Å². The monoisotopic (exact) mass is 496 g/mol. The second-order valence-electron chi connectivity index (χ2n) is 5.10. The SMILES string of the molecule is CN=C(NCc1cn2ccccc2n1)NCc1nc(C(F)(F)F)cs1.I. The summed E-state index contributed by atoms with van der Waals surface area (Å²) in [4.78, 5) is 12.1. The Morgan fingerprint density at radius 2 is 2.00 bits per heavy atom. The molecule has 0 aromatic carbocycles. The van der Waals surface area contributed by atoms with Crippen LogP contribution in [0.4, 0.5) is 13.2 Å². The molecule has 0 amide bonds. The average Bonchev–Trinajstić information content (AvgIpc) is 3.21. The quantitative estimate of drug-likeness (QED) is 0.331. The molecule has 0 unspecified atom stereocenters. The first-order valence-corrected chi connectivity index (χ1v) is 8.22. The zero-order chi connectivity index (χ0) is 17.9. The molecule has 6 nitrogen and oxygen atoms in total. The van der Waals surface area contributed by atoms with E-state index in [1.165, 1.54) is 0 Å². The molecule has 2 N–H and O–H groups in total. The third kappa shape index (κ3) is 5.06. The van der Waals surface area contributed by atoms with Crippen molar-refractivity contribution in [3.05, 3.63) is 52.4 Å². The van der Waals surface area contributed by atoms with Crippen LogP contribution in [0.5, 0.6) is 0 Å². The van der Waals surface area contributed by atoms with Gasteiger partial charge in [0.1, 0.15) is 10.7 Å². The number of imidazole rings is 1. The minimum Gasteiger partial charge on any atom is -0.351 e. The van der Waals surface area contributed by atoms with Crippen molar-refractivity contribution in [1.82, 2.24) is 25.0 Å². The molecular weight excluding hydrogens is 480 g/mol. The number of nitrogens with zero attached hydrogens (tertiary/aromatic N) is 4. The smallest absolute Gasteiger partial charge is 0.351 e. The van der Waals surface area contributed by atoms with Crippen LogP contribution >= 0.6 is 35.3 Å². The van der Waals surface area contributed by atoms with Crippen LogP contribution in [0.2, 0.25) is 0 Å². The number of hydrogen-bond acceptors (Lipinski definition) is 4. The first-order chi connectivity index (χ1) is 12.0. The van der Waals surface area contributed by atoms with Crippen molar-refractivity contribution in [2.45, 2.75) is 19.3 Å². The lowest BCUT2D eigenvalue weighted by molar-refractivity contribution is -0.140. The van der Waals surface area contributed by atoms with Gasteiger partial charge in [-0.15, -0.1) is 35.3 Å². The average molecular weight is 496 g/mol. The summed E-state index contributed by atoms with van der Waals surface area (Å²) in [5.41, 5.74) is 0.786. The summed E-state index contributed by atoms with van der Waals surface area (Å²) in [5, 5.41) is 7.35. The molecule has 11 heteroatoms. The summed E-state index contributed by atoms with van der Waals surface area (Å²) in [6, 6.07) is 5.72. The van der Waals surface area contributed by atoms with Crippen LogP contribution in [-0.2, 0) is 19.3 Å². The molecule has 26 heavy (non-hydrogen) atoms. The molecule has 0 aliphatic carbocycles. The van der Waals surface area contributed by atoms with Crippen molar-refractivity contribution in [3.8, 4) is 0 Å². The minimum atomic E-state index is -4.42. The molecule has 0 fully saturated rings. The molecule has 3 heterocycles. The Labute approximate surface area is 168 Å². The number of rotatable bonds is 4. The zero-order valence-corrected chi connectivity index (χ0v) is 16.8. The van der Waals surface area contributed by atoms with Gasteiger partial charge in [-0.3, -0.25) is 4.99 Å². The third-order valence-electron chi connectivity index (χ3n) is 3.32. The predicted molar refractivity (Wildman–Crippen MR) is 105 cm³/mol. The van der Waals surface area contributed by atoms with Gasteiger partial charge in [0.15, 0.2) is 11.7 Å². The summed E-state index contributed by atoms with van der Waals surface area (Å²) in [7, 11) is 1.59. The van der Waals surface area contributed by atoms with E-state index in [9.17, 15) is 13.2 Å². The Kier molecular flexibility index (Phi) is 6.81. The standard InChI is InChI=1S/C15H15F3N6S.HI/c1-19-14(21-7-13-23-11(9-25-13)15(16,17)18)20-6-10-8-24-5-3-2-4-12(24)22-10;/h2-5,8-9H,6-7H2,1H3,(H2,19,20,21);1H. The maximum Gasteiger partial charge on any atom is 0.434 e. The largest absolute Gasteiger partial charge is 0.434 e. The van der Waals surface area contributed by atoms with Crippen molar-refractivity contribution in [3.63, 3.8) is 0 Å². The van der Waals surface area contributed by atoms with Gasteiger partial charge in [-0.2, -0.15) is 13.2 Å². The Hall–Kier alpha value is -1.89. The van der Waals surface area contributed by atoms with Crippen LogP contribution < -0.4 is 10.6 Å². The molecule has 3 rings (SSSR count). The lowest BCUT2D eigenvalue weighted by atomic mass is 10.5. The first kappa shape index (κ1) is 20.4. The second kappa shape index (κ2) is 8.66. The number of halogens is 4. The highest BCUT2D eigenvalue weighted by Crippen LogP contribution is 2.29. The van der Waals surface area contributed by atoms with Crippen molar-refractivity contribution in [2.75, 3.05) is 7.05 Å². The van der Waals surface area contributed by atoms with Crippen LogP contribution in [-0.4, -0.2) is 27.4 Å². The molecule has 0 radical (unpaired) electrons. The summed E-state index contributed by atoms with van der Waals surface area (Å²) in [6.07, 6.45) is -0.622. The molecule has 0 saturated heterocycles. The number of nitrogens with one attached hydrogen (secondary N) is 2. The van der Waals surface area contributed by atoms with E-state index in [0.717, 1.165) is 28.1 Å². The highest BCUT2D eigenvalue weighted by atomic mass is 127. The zero-order valence-electron chi connectivity index (χ0n) is 13.6. The minimum absolute atomic E-state index is 0. The van der Waals surface area contributed by atoms with E-state index in [4.69, 9.17) is 0 Å². The van der Waals surface area contributed by atoms with Gasteiger partial charge < -0.3 is 15.0 Å². The van der Waals surface area contributed by atoms with E-state index >= 15 is 0 Å². The van der Waals surface area contributed by atoms with Crippen LogP contribution in [0.15, 0.2) is 41.0 Å². The normalized spacial score (nSPS) is 12.1. The molecule has 0 bridgehead atoms. The molecule has 0 aliphatic rings. The Bertz CT molecular complexity index is 856.